The molecule has 1 unspecified atom stereocenters. The van der Waals surface area contributed by atoms with E-state index in [0.29, 0.717) is 12.6 Å². The molecular formula is C14H22N2O. The summed E-state index contributed by atoms with van der Waals surface area (Å²) in [6.45, 7) is 6.76. The molecule has 3 heteroatoms. The fourth-order valence-corrected chi connectivity index (χ4v) is 2.37. The number of nitrogens with two attached hydrogens (primary N) is 1. The van der Waals surface area contributed by atoms with Gasteiger partial charge in [0.1, 0.15) is 0 Å². The van der Waals surface area contributed by atoms with Crippen molar-refractivity contribution in [2.75, 3.05) is 26.3 Å². The Morgan fingerprint density at radius 2 is 2.00 bits per heavy atom. The largest absolute Gasteiger partial charge is 0.379 e. The summed E-state index contributed by atoms with van der Waals surface area (Å²) in [5.74, 6) is 0. The lowest BCUT2D eigenvalue weighted by Gasteiger charge is -2.32. The first-order valence-corrected chi connectivity index (χ1v) is 6.39. The molecule has 0 radical (unpaired) electrons. The predicted octanol–water partition coefficient (Wildman–Crippen LogP) is 1.41. The quantitative estimate of drug-likeness (QED) is 0.856. The van der Waals surface area contributed by atoms with Crippen molar-refractivity contribution in [3.8, 4) is 0 Å². The Hall–Kier alpha value is -0.900. The van der Waals surface area contributed by atoms with E-state index in [-0.39, 0.29) is 0 Å². The molecule has 1 saturated heterocycles. The van der Waals surface area contributed by atoms with Crippen LogP contribution in [0.15, 0.2) is 24.3 Å². The number of hydrogen-bond donors (Lipinski definition) is 1. The van der Waals surface area contributed by atoms with Gasteiger partial charge in [-0.2, -0.15) is 0 Å². The highest BCUT2D eigenvalue weighted by atomic mass is 16.5. The minimum Gasteiger partial charge on any atom is -0.379 e. The highest BCUT2D eigenvalue weighted by Gasteiger charge is 2.17. The van der Waals surface area contributed by atoms with Crippen LogP contribution in [0.1, 0.15) is 18.1 Å². The van der Waals surface area contributed by atoms with E-state index in [1.165, 1.54) is 11.1 Å². The molecule has 1 aromatic rings. The minimum atomic E-state index is 0.576. The maximum absolute atomic E-state index is 5.67. The van der Waals surface area contributed by atoms with E-state index < -0.39 is 0 Å². The van der Waals surface area contributed by atoms with E-state index in [1.54, 1.807) is 0 Å². The van der Waals surface area contributed by atoms with Crippen molar-refractivity contribution in [1.82, 2.24) is 4.90 Å². The SMILES string of the molecule is CC(Cc1cccc(CN)c1)N1CCOCC1. The zero-order chi connectivity index (χ0) is 12.1. The summed E-state index contributed by atoms with van der Waals surface area (Å²) in [5.41, 5.74) is 8.27. The predicted molar refractivity (Wildman–Crippen MR) is 69.9 cm³/mol. The molecule has 2 rings (SSSR count). The molecular weight excluding hydrogens is 212 g/mol. The Bertz CT molecular complexity index is 348. The Morgan fingerprint density at radius 3 is 2.71 bits per heavy atom. The summed E-state index contributed by atoms with van der Waals surface area (Å²) in [6, 6.07) is 9.17. The fraction of sp³-hybridized carbons (Fsp3) is 0.571. The normalized spacial score (nSPS) is 19.2. The van der Waals surface area contributed by atoms with Gasteiger partial charge in [-0.3, -0.25) is 4.90 Å². The van der Waals surface area contributed by atoms with Gasteiger partial charge < -0.3 is 10.5 Å². The van der Waals surface area contributed by atoms with E-state index in [1.807, 2.05) is 0 Å². The molecule has 0 spiro atoms. The van der Waals surface area contributed by atoms with Crippen LogP contribution < -0.4 is 5.73 Å². The van der Waals surface area contributed by atoms with Crippen molar-refractivity contribution in [3.63, 3.8) is 0 Å². The van der Waals surface area contributed by atoms with E-state index in [9.17, 15) is 0 Å². The highest BCUT2D eigenvalue weighted by Crippen LogP contribution is 2.12. The van der Waals surface area contributed by atoms with Crippen LogP contribution in [-0.2, 0) is 17.7 Å². The van der Waals surface area contributed by atoms with E-state index in [4.69, 9.17) is 10.5 Å². The standard InChI is InChI=1S/C14H22N2O/c1-12(16-5-7-17-8-6-16)9-13-3-2-4-14(10-13)11-15/h2-4,10,12H,5-9,11,15H2,1H3. The Kier molecular flexibility index (Phi) is 4.54. The average molecular weight is 234 g/mol. The van der Waals surface area contributed by atoms with Gasteiger partial charge in [0.2, 0.25) is 0 Å². The van der Waals surface area contributed by atoms with Crippen LogP contribution in [0.5, 0.6) is 0 Å². The second-order valence-corrected chi connectivity index (χ2v) is 4.73. The minimum absolute atomic E-state index is 0.576. The summed E-state index contributed by atoms with van der Waals surface area (Å²) in [5, 5.41) is 0. The molecule has 1 aliphatic heterocycles. The van der Waals surface area contributed by atoms with Crippen LogP contribution in [0.2, 0.25) is 0 Å². The molecule has 3 nitrogen and oxygen atoms in total. The fourth-order valence-electron chi connectivity index (χ4n) is 2.37. The van der Waals surface area contributed by atoms with Gasteiger partial charge in [0.15, 0.2) is 0 Å². The summed E-state index contributed by atoms with van der Waals surface area (Å²) in [4.78, 5) is 2.50. The van der Waals surface area contributed by atoms with Gasteiger partial charge in [0.25, 0.3) is 0 Å². The second kappa shape index (κ2) is 6.15. The van der Waals surface area contributed by atoms with Crippen molar-refractivity contribution in [1.29, 1.82) is 0 Å². The van der Waals surface area contributed by atoms with Crippen LogP contribution in [-0.4, -0.2) is 37.2 Å². The first kappa shape index (κ1) is 12.6. The molecule has 1 heterocycles. The number of rotatable bonds is 4. The molecule has 94 valence electrons. The lowest BCUT2D eigenvalue weighted by atomic mass is 10.0. The molecule has 0 aliphatic carbocycles. The first-order valence-electron chi connectivity index (χ1n) is 6.39. The van der Waals surface area contributed by atoms with Gasteiger partial charge in [-0.25, -0.2) is 0 Å². The van der Waals surface area contributed by atoms with Gasteiger partial charge in [-0.1, -0.05) is 24.3 Å². The third-order valence-electron chi connectivity index (χ3n) is 3.43. The second-order valence-electron chi connectivity index (χ2n) is 4.73. The number of nitrogens with zero attached hydrogens (tertiary/aromatic N) is 1. The van der Waals surface area contributed by atoms with E-state index in [0.717, 1.165) is 32.7 Å². The number of hydrogen-bond acceptors (Lipinski definition) is 3. The van der Waals surface area contributed by atoms with E-state index >= 15 is 0 Å². The molecule has 0 amide bonds. The van der Waals surface area contributed by atoms with Gasteiger partial charge in [0, 0.05) is 25.7 Å². The maximum atomic E-state index is 5.67. The smallest absolute Gasteiger partial charge is 0.0594 e. The average Bonchev–Trinajstić information content (AvgIpc) is 2.40. The molecule has 1 atom stereocenters. The maximum Gasteiger partial charge on any atom is 0.0594 e. The number of morpholine rings is 1. The number of ether oxygens (including phenoxy) is 1. The third kappa shape index (κ3) is 3.53. The third-order valence-corrected chi connectivity index (χ3v) is 3.43. The van der Waals surface area contributed by atoms with Crippen LogP contribution >= 0.6 is 0 Å². The van der Waals surface area contributed by atoms with Crippen LogP contribution in [0.3, 0.4) is 0 Å². The van der Waals surface area contributed by atoms with Gasteiger partial charge >= 0.3 is 0 Å². The molecule has 0 saturated carbocycles. The number of benzene rings is 1. The van der Waals surface area contributed by atoms with Crippen molar-refractivity contribution in [3.05, 3.63) is 35.4 Å². The zero-order valence-electron chi connectivity index (χ0n) is 10.6. The summed E-state index contributed by atoms with van der Waals surface area (Å²) in [7, 11) is 0. The van der Waals surface area contributed by atoms with Gasteiger partial charge in [-0.05, 0) is 24.5 Å². The van der Waals surface area contributed by atoms with Gasteiger partial charge in [0.05, 0.1) is 13.2 Å². The van der Waals surface area contributed by atoms with Gasteiger partial charge in [-0.15, -0.1) is 0 Å². The first-order chi connectivity index (χ1) is 8.29. The van der Waals surface area contributed by atoms with Crippen LogP contribution in [0.25, 0.3) is 0 Å². The molecule has 1 fully saturated rings. The summed E-state index contributed by atoms with van der Waals surface area (Å²) >= 11 is 0. The monoisotopic (exact) mass is 234 g/mol. The summed E-state index contributed by atoms with van der Waals surface area (Å²) in [6.07, 6.45) is 1.09. The molecule has 1 aliphatic rings. The zero-order valence-corrected chi connectivity index (χ0v) is 10.6. The molecule has 17 heavy (non-hydrogen) atoms. The van der Waals surface area contributed by atoms with Crippen molar-refractivity contribution < 1.29 is 4.74 Å². The molecule has 2 N–H and O–H groups in total. The molecule has 0 bridgehead atoms. The topological polar surface area (TPSA) is 38.5 Å². The van der Waals surface area contributed by atoms with E-state index in [2.05, 4.69) is 36.1 Å². The van der Waals surface area contributed by atoms with Crippen molar-refractivity contribution in [2.45, 2.75) is 25.9 Å². The van der Waals surface area contributed by atoms with Crippen molar-refractivity contribution >= 4 is 0 Å². The lowest BCUT2D eigenvalue weighted by molar-refractivity contribution is 0.0203. The Labute approximate surface area is 104 Å². The van der Waals surface area contributed by atoms with Crippen LogP contribution in [0, 0.1) is 0 Å². The Morgan fingerprint density at radius 1 is 1.29 bits per heavy atom. The Balaban J connectivity index is 1.94. The molecule has 1 aromatic carbocycles. The summed E-state index contributed by atoms with van der Waals surface area (Å²) < 4.78 is 5.38. The molecule has 0 aromatic heterocycles. The van der Waals surface area contributed by atoms with Crippen LogP contribution in [0.4, 0.5) is 0 Å². The highest BCUT2D eigenvalue weighted by molar-refractivity contribution is 5.24. The van der Waals surface area contributed by atoms with Crippen molar-refractivity contribution in [2.24, 2.45) is 5.73 Å². The lowest BCUT2D eigenvalue weighted by Crippen LogP contribution is -2.43.